The van der Waals surface area contributed by atoms with Crippen LogP contribution in [0.1, 0.15) is 11.1 Å². The first kappa shape index (κ1) is 13.8. The Hall–Kier alpha value is -2.64. The quantitative estimate of drug-likeness (QED) is 0.365. The smallest absolute Gasteiger partial charge is 0.258 e. The molecule has 98 valence electrons. The van der Waals surface area contributed by atoms with Crippen molar-refractivity contribution >= 4 is 28.9 Å². The molecule has 20 heavy (non-hydrogen) atoms. The Bertz CT molecular complexity index is 733. The van der Waals surface area contributed by atoms with Crippen LogP contribution < -0.4 is 0 Å². The molecule has 0 fully saturated rings. The van der Waals surface area contributed by atoms with Gasteiger partial charge in [0.15, 0.2) is 0 Å². The lowest BCUT2D eigenvalue weighted by Gasteiger charge is -2.02. The second-order valence-corrected chi connectivity index (χ2v) is 4.41. The van der Waals surface area contributed by atoms with Crippen LogP contribution in [0.4, 0.5) is 5.69 Å². The first-order valence-corrected chi connectivity index (χ1v) is 6.11. The lowest BCUT2D eigenvalue weighted by molar-refractivity contribution is -0.384. The molecular weight excluding hydrogens is 276 g/mol. The third-order valence-corrected chi connectivity index (χ3v) is 3.01. The van der Waals surface area contributed by atoms with Gasteiger partial charge in [-0.05, 0) is 17.7 Å². The Morgan fingerprint density at radius 3 is 2.65 bits per heavy atom. The summed E-state index contributed by atoms with van der Waals surface area (Å²) in [5.41, 5.74) is 1.52. The molecule has 0 saturated carbocycles. The van der Waals surface area contributed by atoms with E-state index in [1.807, 2.05) is 0 Å². The SMILES string of the molecule is N#CC(=Cc1cccc([N+](=O)[O-])c1)c1ccccc1Cl. The molecule has 4 nitrogen and oxygen atoms in total. The summed E-state index contributed by atoms with van der Waals surface area (Å²) in [6.45, 7) is 0. The topological polar surface area (TPSA) is 66.9 Å². The third-order valence-electron chi connectivity index (χ3n) is 2.68. The van der Waals surface area contributed by atoms with Crippen molar-refractivity contribution in [2.45, 2.75) is 0 Å². The van der Waals surface area contributed by atoms with Gasteiger partial charge in [0.2, 0.25) is 0 Å². The summed E-state index contributed by atoms with van der Waals surface area (Å²) >= 11 is 6.05. The van der Waals surface area contributed by atoms with Crippen molar-refractivity contribution in [3.63, 3.8) is 0 Å². The Kier molecular flexibility index (Phi) is 4.14. The lowest BCUT2D eigenvalue weighted by atomic mass is 10.0. The number of nitro benzene ring substituents is 1. The molecule has 0 aliphatic rings. The van der Waals surface area contributed by atoms with Crippen molar-refractivity contribution in [3.05, 3.63) is 74.8 Å². The van der Waals surface area contributed by atoms with Gasteiger partial charge >= 0.3 is 0 Å². The number of rotatable bonds is 3. The van der Waals surface area contributed by atoms with Gasteiger partial charge in [0.1, 0.15) is 0 Å². The van der Waals surface area contributed by atoms with Crippen molar-refractivity contribution in [3.8, 4) is 6.07 Å². The summed E-state index contributed by atoms with van der Waals surface area (Å²) in [5, 5.41) is 20.4. The zero-order chi connectivity index (χ0) is 14.5. The molecule has 0 bridgehead atoms. The van der Waals surface area contributed by atoms with Crippen LogP contribution in [0.3, 0.4) is 0 Å². The number of halogens is 1. The summed E-state index contributed by atoms with van der Waals surface area (Å²) in [6.07, 6.45) is 1.58. The third kappa shape index (κ3) is 3.02. The molecule has 0 atom stereocenters. The van der Waals surface area contributed by atoms with E-state index in [4.69, 9.17) is 11.6 Å². The van der Waals surface area contributed by atoms with Crippen LogP contribution in [0.25, 0.3) is 11.6 Å². The zero-order valence-electron chi connectivity index (χ0n) is 10.3. The predicted octanol–water partition coefficient (Wildman–Crippen LogP) is 4.31. The van der Waals surface area contributed by atoms with E-state index in [1.54, 1.807) is 42.5 Å². The monoisotopic (exact) mass is 284 g/mol. The molecule has 0 aliphatic carbocycles. The molecule has 0 radical (unpaired) electrons. The van der Waals surface area contributed by atoms with Crippen LogP contribution in [0.2, 0.25) is 5.02 Å². The van der Waals surface area contributed by atoms with Crippen LogP contribution in [0.5, 0.6) is 0 Å². The van der Waals surface area contributed by atoms with Crippen molar-refractivity contribution in [1.29, 1.82) is 5.26 Å². The van der Waals surface area contributed by atoms with Crippen LogP contribution >= 0.6 is 11.6 Å². The van der Waals surface area contributed by atoms with E-state index in [-0.39, 0.29) is 5.69 Å². The van der Waals surface area contributed by atoms with Crippen LogP contribution in [0, 0.1) is 21.4 Å². The number of hydrogen-bond donors (Lipinski definition) is 0. The molecule has 2 rings (SSSR count). The fourth-order valence-electron chi connectivity index (χ4n) is 1.74. The largest absolute Gasteiger partial charge is 0.270 e. The van der Waals surface area contributed by atoms with Gasteiger partial charge in [-0.3, -0.25) is 10.1 Å². The first-order chi connectivity index (χ1) is 9.61. The highest BCUT2D eigenvalue weighted by atomic mass is 35.5. The highest BCUT2D eigenvalue weighted by molar-refractivity contribution is 6.32. The number of nitriles is 1. The molecular formula is C15H9ClN2O2. The molecule has 0 aliphatic heterocycles. The van der Waals surface area contributed by atoms with Gasteiger partial charge in [-0.1, -0.05) is 41.9 Å². The molecule has 0 saturated heterocycles. The van der Waals surface area contributed by atoms with E-state index in [2.05, 4.69) is 6.07 Å². The summed E-state index contributed by atoms with van der Waals surface area (Å²) in [6, 6.07) is 15.1. The molecule has 2 aromatic carbocycles. The van der Waals surface area contributed by atoms with Gasteiger partial charge in [-0.15, -0.1) is 0 Å². The number of allylic oxidation sites excluding steroid dienone is 1. The maximum Gasteiger partial charge on any atom is 0.270 e. The average molecular weight is 285 g/mol. The minimum atomic E-state index is -0.473. The molecule has 0 spiro atoms. The summed E-state index contributed by atoms with van der Waals surface area (Å²) in [4.78, 5) is 10.3. The Balaban J connectivity index is 2.48. The molecule has 2 aromatic rings. The lowest BCUT2D eigenvalue weighted by Crippen LogP contribution is -1.88. The standard InChI is InChI=1S/C15H9ClN2O2/c16-15-7-2-1-6-14(15)12(10-17)8-11-4-3-5-13(9-11)18(19)20/h1-9H. The molecule has 0 N–H and O–H groups in total. The van der Waals surface area contributed by atoms with E-state index in [0.29, 0.717) is 21.7 Å². The fraction of sp³-hybridized carbons (Fsp3) is 0. The van der Waals surface area contributed by atoms with E-state index in [0.717, 1.165) is 0 Å². The molecule has 0 aromatic heterocycles. The van der Waals surface area contributed by atoms with Crippen LogP contribution in [-0.2, 0) is 0 Å². The van der Waals surface area contributed by atoms with Gasteiger partial charge in [-0.25, -0.2) is 0 Å². The number of hydrogen-bond acceptors (Lipinski definition) is 3. The van der Waals surface area contributed by atoms with Crippen molar-refractivity contribution in [2.75, 3.05) is 0 Å². The number of nitro groups is 1. The summed E-state index contributed by atoms with van der Waals surface area (Å²) < 4.78 is 0. The average Bonchev–Trinajstić information content (AvgIpc) is 2.46. The second kappa shape index (κ2) is 6.00. The normalized spacial score (nSPS) is 10.9. The maximum atomic E-state index is 10.7. The molecule has 0 heterocycles. The van der Waals surface area contributed by atoms with Gasteiger partial charge in [-0.2, -0.15) is 5.26 Å². The number of non-ortho nitro benzene ring substituents is 1. The molecule has 0 unspecified atom stereocenters. The zero-order valence-corrected chi connectivity index (χ0v) is 11.0. The predicted molar refractivity (Wildman–Crippen MR) is 78.0 cm³/mol. The van der Waals surface area contributed by atoms with Gasteiger partial charge in [0.25, 0.3) is 5.69 Å². The Labute approximate surface area is 120 Å². The van der Waals surface area contributed by atoms with Gasteiger partial charge < -0.3 is 0 Å². The summed E-state index contributed by atoms with van der Waals surface area (Å²) in [5.74, 6) is 0. The van der Waals surface area contributed by atoms with Crippen molar-refractivity contribution < 1.29 is 4.92 Å². The Morgan fingerprint density at radius 1 is 1.25 bits per heavy atom. The first-order valence-electron chi connectivity index (χ1n) is 5.73. The molecule has 5 heteroatoms. The van der Waals surface area contributed by atoms with Crippen LogP contribution in [0.15, 0.2) is 48.5 Å². The highest BCUT2D eigenvalue weighted by Gasteiger charge is 2.08. The minimum absolute atomic E-state index is 0.0183. The second-order valence-electron chi connectivity index (χ2n) is 4.00. The number of benzene rings is 2. The van der Waals surface area contributed by atoms with E-state index in [9.17, 15) is 15.4 Å². The van der Waals surface area contributed by atoms with E-state index < -0.39 is 4.92 Å². The minimum Gasteiger partial charge on any atom is -0.258 e. The van der Waals surface area contributed by atoms with E-state index in [1.165, 1.54) is 12.1 Å². The highest BCUT2D eigenvalue weighted by Crippen LogP contribution is 2.25. The maximum absolute atomic E-state index is 10.7. The number of nitrogens with zero attached hydrogens (tertiary/aromatic N) is 2. The van der Waals surface area contributed by atoms with Crippen molar-refractivity contribution in [2.24, 2.45) is 0 Å². The van der Waals surface area contributed by atoms with Crippen LogP contribution in [-0.4, -0.2) is 4.92 Å². The van der Waals surface area contributed by atoms with Crippen molar-refractivity contribution in [1.82, 2.24) is 0 Å². The summed E-state index contributed by atoms with van der Waals surface area (Å²) in [7, 11) is 0. The Morgan fingerprint density at radius 2 is 2.00 bits per heavy atom. The fourth-order valence-corrected chi connectivity index (χ4v) is 1.98. The molecule has 0 amide bonds. The van der Waals surface area contributed by atoms with Gasteiger partial charge in [0.05, 0.1) is 16.6 Å². The van der Waals surface area contributed by atoms with Gasteiger partial charge in [0, 0.05) is 22.7 Å². The van der Waals surface area contributed by atoms with E-state index >= 15 is 0 Å².